The number of nitrogens with one attached hydrogen (secondary N) is 1. The first kappa shape index (κ1) is 12.8. The van der Waals surface area contributed by atoms with Gasteiger partial charge in [0.15, 0.2) is 5.69 Å². The predicted octanol–water partition coefficient (Wildman–Crippen LogP) is 1.92. The Bertz CT molecular complexity index is 384. The molecule has 0 atom stereocenters. The van der Waals surface area contributed by atoms with Gasteiger partial charge in [-0.15, -0.1) is 10.2 Å². The number of anilines is 1. The summed E-state index contributed by atoms with van der Waals surface area (Å²) >= 11 is 0. The van der Waals surface area contributed by atoms with E-state index in [4.69, 9.17) is 0 Å². The van der Waals surface area contributed by atoms with Gasteiger partial charge in [0.2, 0.25) is 0 Å². The predicted molar refractivity (Wildman–Crippen MR) is 70.6 cm³/mol. The zero-order valence-corrected chi connectivity index (χ0v) is 10.9. The lowest BCUT2D eigenvalue weighted by Gasteiger charge is -2.26. The normalized spacial score (nSPS) is 15.5. The van der Waals surface area contributed by atoms with Crippen LogP contribution in [0.2, 0.25) is 0 Å². The van der Waals surface area contributed by atoms with Gasteiger partial charge in [-0.3, -0.25) is 4.79 Å². The number of nitrogens with zero attached hydrogens (tertiary/aromatic N) is 3. The molecular formula is C13H20N4O. The van der Waals surface area contributed by atoms with E-state index in [-0.39, 0.29) is 5.91 Å². The van der Waals surface area contributed by atoms with Crippen LogP contribution in [0.15, 0.2) is 12.1 Å². The molecule has 1 N–H and O–H groups in total. The van der Waals surface area contributed by atoms with Crippen molar-refractivity contribution in [2.75, 3.05) is 25.0 Å². The lowest BCUT2D eigenvalue weighted by atomic mass is 10.1. The van der Waals surface area contributed by atoms with E-state index in [0.717, 1.165) is 44.7 Å². The van der Waals surface area contributed by atoms with E-state index in [1.54, 1.807) is 6.07 Å². The molecular weight excluding hydrogens is 228 g/mol. The van der Waals surface area contributed by atoms with Crippen molar-refractivity contribution >= 4 is 11.7 Å². The number of carbonyl (C=O) groups is 1. The molecule has 2 heterocycles. The molecule has 0 saturated carbocycles. The van der Waals surface area contributed by atoms with Crippen LogP contribution in [0.3, 0.4) is 0 Å². The zero-order chi connectivity index (χ0) is 12.8. The first-order chi connectivity index (χ1) is 8.81. The summed E-state index contributed by atoms with van der Waals surface area (Å²) in [7, 11) is 0. The van der Waals surface area contributed by atoms with E-state index in [0.29, 0.717) is 5.69 Å². The van der Waals surface area contributed by atoms with Crippen LogP contribution in [0.5, 0.6) is 0 Å². The van der Waals surface area contributed by atoms with Crippen LogP contribution in [0.4, 0.5) is 5.82 Å². The van der Waals surface area contributed by atoms with E-state index < -0.39 is 0 Å². The van der Waals surface area contributed by atoms with Gasteiger partial charge in [0, 0.05) is 19.6 Å². The third kappa shape index (κ3) is 3.18. The summed E-state index contributed by atoms with van der Waals surface area (Å²) in [6, 6.07) is 3.57. The van der Waals surface area contributed by atoms with Crippen LogP contribution in [-0.4, -0.2) is 40.6 Å². The number of amides is 1. The highest BCUT2D eigenvalue weighted by molar-refractivity contribution is 5.92. The Labute approximate surface area is 108 Å². The summed E-state index contributed by atoms with van der Waals surface area (Å²) in [5.41, 5.74) is 0.443. The Morgan fingerprint density at radius 1 is 1.28 bits per heavy atom. The van der Waals surface area contributed by atoms with Crippen LogP contribution in [0.1, 0.15) is 43.1 Å². The van der Waals surface area contributed by atoms with Gasteiger partial charge >= 0.3 is 0 Å². The molecule has 2 rings (SSSR count). The van der Waals surface area contributed by atoms with Crippen molar-refractivity contribution in [3.63, 3.8) is 0 Å². The smallest absolute Gasteiger partial charge is 0.274 e. The van der Waals surface area contributed by atoms with Crippen LogP contribution >= 0.6 is 0 Å². The van der Waals surface area contributed by atoms with E-state index >= 15 is 0 Å². The van der Waals surface area contributed by atoms with Crippen molar-refractivity contribution in [3.8, 4) is 0 Å². The number of aromatic nitrogens is 2. The number of carbonyl (C=O) groups excluding carboxylic acids is 1. The molecule has 1 aromatic heterocycles. The third-order valence-electron chi connectivity index (χ3n) is 3.08. The maximum Gasteiger partial charge on any atom is 0.274 e. The van der Waals surface area contributed by atoms with Crippen molar-refractivity contribution in [3.05, 3.63) is 17.8 Å². The van der Waals surface area contributed by atoms with Crippen molar-refractivity contribution in [2.45, 2.75) is 32.6 Å². The SMILES string of the molecule is CCCNc1ccc(C(=O)N2CCCCC2)nn1. The molecule has 0 aliphatic carbocycles. The third-order valence-corrected chi connectivity index (χ3v) is 3.08. The highest BCUT2D eigenvalue weighted by Crippen LogP contribution is 2.12. The minimum absolute atomic E-state index is 0.00393. The molecule has 18 heavy (non-hydrogen) atoms. The maximum atomic E-state index is 12.1. The number of piperidine rings is 1. The highest BCUT2D eigenvalue weighted by Gasteiger charge is 2.19. The van der Waals surface area contributed by atoms with Crippen molar-refractivity contribution in [1.29, 1.82) is 0 Å². The fourth-order valence-electron chi connectivity index (χ4n) is 2.05. The van der Waals surface area contributed by atoms with E-state index in [9.17, 15) is 4.79 Å². The number of likely N-dealkylation sites (tertiary alicyclic amines) is 1. The summed E-state index contributed by atoms with van der Waals surface area (Å²) in [5, 5.41) is 11.2. The Hall–Kier alpha value is -1.65. The highest BCUT2D eigenvalue weighted by atomic mass is 16.2. The van der Waals surface area contributed by atoms with E-state index in [1.807, 2.05) is 11.0 Å². The van der Waals surface area contributed by atoms with Gasteiger partial charge in [-0.05, 0) is 37.8 Å². The molecule has 1 aliphatic rings. The Morgan fingerprint density at radius 3 is 2.67 bits per heavy atom. The Balaban J connectivity index is 1.97. The van der Waals surface area contributed by atoms with Crippen LogP contribution in [0, 0.1) is 0 Å². The number of hydrogen-bond donors (Lipinski definition) is 1. The molecule has 0 aromatic carbocycles. The first-order valence-electron chi connectivity index (χ1n) is 6.68. The van der Waals surface area contributed by atoms with Crippen LogP contribution in [0.25, 0.3) is 0 Å². The topological polar surface area (TPSA) is 58.1 Å². The van der Waals surface area contributed by atoms with Crippen LogP contribution in [-0.2, 0) is 0 Å². The Kier molecular flexibility index (Phi) is 4.50. The molecule has 0 radical (unpaired) electrons. The Morgan fingerprint density at radius 2 is 2.06 bits per heavy atom. The van der Waals surface area contributed by atoms with Gasteiger partial charge < -0.3 is 10.2 Å². The van der Waals surface area contributed by atoms with Crippen molar-refractivity contribution < 1.29 is 4.79 Å². The monoisotopic (exact) mass is 248 g/mol. The average Bonchev–Trinajstić information content (AvgIpc) is 2.46. The number of rotatable bonds is 4. The fraction of sp³-hybridized carbons (Fsp3) is 0.615. The van der Waals surface area contributed by atoms with Crippen LogP contribution < -0.4 is 5.32 Å². The van der Waals surface area contributed by atoms with Crippen molar-refractivity contribution in [1.82, 2.24) is 15.1 Å². The summed E-state index contributed by atoms with van der Waals surface area (Å²) in [6.45, 7) is 4.65. The molecule has 5 heteroatoms. The molecule has 1 aliphatic heterocycles. The molecule has 1 saturated heterocycles. The second-order valence-electron chi connectivity index (χ2n) is 4.58. The molecule has 1 fully saturated rings. The molecule has 5 nitrogen and oxygen atoms in total. The summed E-state index contributed by atoms with van der Waals surface area (Å²) in [5.74, 6) is 0.733. The summed E-state index contributed by atoms with van der Waals surface area (Å²) < 4.78 is 0. The fourth-order valence-corrected chi connectivity index (χ4v) is 2.05. The quantitative estimate of drug-likeness (QED) is 0.884. The standard InChI is InChI=1S/C13H20N4O/c1-2-8-14-12-7-6-11(15-16-12)13(18)17-9-4-3-5-10-17/h6-7H,2-5,8-10H2,1H3,(H,14,16). The molecule has 0 spiro atoms. The second-order valence-corrected chi connectivity index (χ2v) is 4.58. The minimum atomic E-state index is 0.00393. The van der Waals surface area contributed by atoms with Gasteiger partial charge in [-0.25, -0.2) is 0 Å². The molecule has 1 amide bonds. The lowest BCUT2D eigenvalue weighted by molar-refractivity contribution is 0.0717. The minimum Gasteiger partial charge on any atom is -0.369 e. The summed E-state index contributed by atoms with van der Waals surface area (Å²) in [4.78, 5) is 14.0. The summed E-state index contributed by atoms with van der Waals surface area (Å²) in [6.07, 6.45) is 4.44. The largest absolute Gasteiger partial charge is 0.369 e. The van der Waals surface area contributed by atoms with Gasteiger partial charge in [-0.1, -0.05) is 6.92 Å². The van der Waals surface area contributed by atoms with E-state index in [1.165, 1.54) is 6.42 Å². The van der Waals surface area contributed by atoms with Gasteiger partial charge in [0.05, 0.1) is 0 Å². The van der Waals surface area contributed by atoms with Gasteiger partial charge in [0.25, 0.3) is 5.91 Å². The molecule has 98 valence electrons. The van der Waals surface area contributed by atoms with Crippen molar-refractivity contribution in [2.24, 2.45) is 0 Å². The first-order valence-corrected chi connectivity index (χ1v) is 6.68. The molecule has 1 aromatic rings. The zero-order valence-electron chi connectivity index (χ0n) is 10.9. The molecule has 0 bridgehead atoms. The second kappa shape index (κ2) is 6.33. The number of hydrogen-bond acceptors (Lipinski definition) is 4. The lowest BCUT2D eigenvalue weighted by Crippen LogP contribution is -2.36. The maximum absolute atomic E-state index is 12.1. The van der Waals surface area contributed by atoms with Gasteiger partial charge in [-0.2, -0.15) is 0 Å². The average molecular weight is 248 g/mol. The molecule has 0 unspecified atom stereocenters. The van der Waals surface area contributed by atoms with E-state index in [2.05, 4.69) is 22.4 Å². The van der Waals surface area contributed by atoms with Gasteiger partial charge in [0.1, 0.15) is 5.82 Å².